The number of hydrogen-bond donors (Lipinski definition) is 2. The molecular weight excluding hydrogens is 336 g/mol. The van der Waals surface area contributed by atoms with Crippen molar-refractivity contribution < 1.29 is 14.3 Å². The van der Waals surface area contributed by atoms with Gasteiger partial charge in [-0.05, 0) is 40.2 Å². The lowest BCUT2D eigenvalue weighted by Crippen LogP contribution is -2.00. The van der Waals surface area contributed by atoms with Crippen molar-refractivity contribution in [3.8, 4) is 0 Å². The van der Waals surface area contributed by atoms with Crippen LogP contribution in [0.5, 0.6) is 0 Å². The molecule has 0 amide bonds. The number of pyridine rings is 1. The molecule has 0 spiro atoms. The van der Waals surface area contributed by atoms with E-state index in [0.29, 0.717) is 12.3 Å². The minimum absolute atomic E-state index is 0.0632. The van der Waals surface area contributed by atoms with E-state index in [0.717, 1.165) is 21.1 Å². The summed E-state index contributed by atoms with van der Waals surface area (Å²) in [4.78, 5) is 15.2. The monoisotopic (exact) mass is 346 g/mol. The van der Waals surface area contributed by atoms with Crippen molar-refractivity contribution in [3.05, 3.63) is 58.6 Å². The zero-order valence-corrected chi connectivity index (χ0v) is 12.4. The summed E-state index contributed by atoms with van der Waals surface area (Å²) in [6, 6.07) is 10.9. The smallest absolute Gasteiger partial charge is 0.371 e. The molecule has 0 saturated carbocycles. The Morgan fingerprint density at radius 3 is 2.95 bits per heavy atom. The summed E-state index contributed by atoms with van der Waals surface area (Å²) in [5, 5.41) is 13.0. The zero-order chi connectivity index (χ0) is 14.8. The second-order valence-corrected chi connectivity index (χ2v) is 5.37. The molecule has 1 aromatic carbocycles. The summed E-state index contributed by atoms with van der Waals surface area (Å²) >= 11 is 3.40. The number of nitrogens with one attached hydrogen (secondary N) is 1. The number of hydrogen-bond acceptors (Lipinski definition) is 4. The van der Waals surface area contributed by atoms with Gasteiger partial charge in [0.05, 0.1) is 17.7 Å². The number of aromatic carboxylic acids is 1. The third-order valence-electron chi connectivity index (χ3n) is 3.00. The third kappa shape index (κ3) is 2.90. The van der Waals surface area contributed by atoms with Crippen LogP contribution < -0.4 is 5.32 Å². The van der Waals surface area contributed by atoms with Gasteiger partial charge in [0.15, 0.2) is 0 Å². The van der Waals surface area contributed by atoms with Gasteiger partial charge in [0.2, 0.25) is 5.76 Å². The Balaban J connectivity index is 1.83. The molecule has 2 heterocycles. The number of fused-ring (bicyclic) bond motifs is 1. The van der Waals surface area contributed by atoms with Crippen molar-refractivity contribution in [2.75, 3.05) is 5.32 Å². The highest BCUT2D eigenvalue weighted by Crippen LogP contribution is 2.24. The molecule has 0 bridgehead atoms. The third-order valence-corrected chi connectivity index (χ3v) is 3.44. The fourth-order valence-corrected chi connectivity index (χ4v) is 2.40. The molecular formula is C15H11BrN2O3. The predicted octanol–water partition coefficient (Wildman–Crippen LogP) is 3.90. The molecule has 0 radical (unpaired) electrons. The normalized spacial score (nSPS) is 10.7. The van der Waals surface area contributed by atoms with Crippen LogP contribution in [0.3, 0.4) is 0 Å². The summed E-state index contributed by atoms with van der Waals surface area (Å²) in [7, 11) is 0. The number of halogens is 1. The number of furan rings is 1. The fraction of sp³-hybridized carbons (Fsp3) is 0.0667. The molecule has 3 aromatic rings. The van der Waals surface area contributed by atoms with Gasteiger partial charge in [-0.25, -0.2) is 4.79 Å². The molecule has 0 unspecified atom stereocenters. The Labute approximate surface area is 128 Å². The maximum Gasteiger partial charge on any atom is 0.371 e. The highest BCUT2D eigenvalue weighted by atomic mass is 79.9. The molecule has 0 saturated heterocycles. The van der Waals surface area contributed by atoms with Crippen molar-refractivity contribution in [2.24, 2.45) is 0 Å². The van der Waals surface area contributed by atoms with Gasteiger partial charge in [0.25, 0.3) is 0 Å². The number of para-hydroxylation sites is 1. The molecule has 21 heavy (non-hydrogen) atoms. The Hall–Kier alpha value is -2.34. The molecule has 0 aliphatic rings. The first-order valence-electron chi connectivity index (χ1n) is 6.23. The lowest BCUT2D eigenvalue weighted by Gasteiger charge is -2.08. The minimum atomic E-state index is -1.07. The molecule has 0 aliphatic carbocycles. The van der Waals surface area contributed by atoms with Gasteiger partial charge in [0.1, 0.15) is 5.76 Å². The second-order valence-electron chi connectivity index (χ2n) is 4.46. The van der Waals surface area contributed by atoms with Gasteiger partial charge in [-0.2, -0.15) is 0 Å². The van der Waals surface area contributed by atoms with E-state index in [1.165, 1.54) is 6.07 Å². The minimum Gasteiger partial charge on any atom is -0.475 e. The number of rotatable bonds is 4. The number of carbonyl (C=O) groups is 1. The largest absolute Gasteiger partial charge is 0.475 e. The first-order valence-corrected chi connectivity index (χ1v) is 7.03. The van der Waals surface area contributed by atoms with Gasteiger partial charge >= 0.3 is 5.97 Å². The number of nitrogens with zero attached hydrogens (tertiary/aromatic N) is 1. The van der Waals surface area contributed by atoms with E-state index in [-0.39, 0.29) is 5.76 Å². The number of carboxylic acids is 1. The predicted molar refractivity (Wildman–Crippen MR) is 82.4 cm³/mol. The lowest BCUT2D eigenvalue weighted by atomic mass is 10.2. The Morgan fingerprint density at radius 2 is 2.19 bits per heavy atom. The van der Waals surface area contributed by atoms with E-state index < -0.39 is 5.97 Å². The summed E-state index contributed by atoms with van der Waals surface area (Å²) in [6.45, 7) is 0.393. The number of carboxylic acid groups (broad SMARTS) is 1. The molecule has 0 aliphatic heterocycles. The van der Waals surface area contributed by atoms with Crippen molar-refractivity contribution in [3.63, 3.8) is 0 Å². The zero-order valence-electron chi connectivity index (χ0n) is 10.8. The van der Waals surface area contributed by atoms with Crippen LogP contribution in [0.4, 0.5) is 5.69 Å². The summed E-state index contributed by atoms with van der Waals surface area (Å²) in [6.07, 6.45) is 1.74. The molecule has 2 N–H and O–H groups in total. The van der Waals surface area contributed by atoms with E-state index in [4.69, 9.17) is 9.52 Å². The quantitative estimate of drug-likeness (QED) is 0.749. The fourth-order valence-electron chi connectivity index (χ4n) is 2.05. The highest BCUT2D eigenvalue weighted by Gasteiger charge is 2.09. The lowest BCUT2D eigenvalue weighted by molar-refractivity contribution is 0.0660. The number of aromatic nitrogens is 1. The average Bonchev–Trinajstić information content (AvgIpc) is 2.93. The van der Waals surface area contributed by atoms with Crippen molar-refractivity contribution in [2.45, 2.75) is 6.54 Å². The van der Waals surface area contributed by atoms with Crippen LogP contribution in [0.15, 0.2) is 51.5 Å². The molecule has 0 atom stereocenters. The van der Waals surface area contributed by atoms with Gasteiger partial charge in [-0.3, -0.25) is 4.98 Å². The molecule has 106 valence electrons. The van der Waals surface area contributed by atoms with E-state index in [1.807, 2.05) is 24.3 Å². The van der Waals surface area contributed by atoms with Gasteiger partial charge in [-0.1, -0.05) is 12.1 Å². The highest BCUT2D eigenvalue weighted by molar-refractivity contribution is 9.10. The maximum absolute atomic E-state index is 10.8. The van der Waals surface area contributed by atoms with E-state index in [2.05, 4.69) is 26.2 Å². The van der Waals surface area contributed by atoms with Crippen molar-refractivity contribution in [1.82, 2.24) is 4.98 Å². The Morgan fingerprint density at radius 1 is 1.33 bits per heavy atom. The van der Waals surface area contributed by atoms with Gasteiger partial charge in [0, 0.05) is 16.1 Å². The summed E-state index contributed by atoms with van der Waals surface area (Å²) in [5.74, 6) is -0.578. The molecule has 0 fully saturated rings. The summed E-state index contributed by atoms with van der Waals surface area (Å²) in [5.41, 5.74) is 1.72. The number of benzene rings is 1. The van der Waals surface area contributed by atoms with Gasteiger partial charge in [-0.15, -0.1) is 0 Å². The van der Waals surface area contributed by atoms with Crippen LogP contribution in [0.2, 0.25) is 0 Å². The van der Waals surface area contributed by atoms with Gasteiger partial charge < -0.3 is 14.8 Å². The summed E-state index contributed by atoms with van der Waals surface area (Å²) < 4.78 is 6.13. The van der Waals surface area contributed by atoms with Crippen LogP contribution in [0, 0.1) is 0 Å². The van der Waals surface area contributed by atoms with E-state index in [1.54, 1.807) is 12.3 Å². The number of anilines is 1. The van der Waals surface area contributed by atoms with Crippen LogP contribution in [0.1, 0.15) is 16.3 Å². The SMILES string of the molecule is O=C(O)c1ccc(CNc2cccc3cc(Br)cnc23)o1. The first kappa shape index (κ1) is 13.6. The van der Waals surface area contributed by atoms with Crippen LogP contribution in [-0.2, 0) is 6.54 Å². The maximum atomic E-state index is 10.8. The Bertz CT molecular complexity index is 814. The van der Waals surface area contributed by atoms with Crippen molar-refractivity contribution >= 4 is 38.5 Å². The van der Waals surface area contributed by atoms with Crippen LogP contribution in [-0.4, -0.2) is 16.1 Å². The van der Waals surface area contributed by atoms with Crippen molar-refractivity contribution in [1.29, 1.82) is 0 Å². The van der Waals surface area contributed by atoms with Crippen LogP contribution >= 0.6 is 15.9 Å². The average molecular weight is 347 g/mol. The second kappa shape index (κ2) is 5.57. The first-order chi connectivity index (χ1) is 10.1. The topological polar surface area (TPSA) is 75.4 Å². The molecule has 2 aromatic heterocycles. The van der Waals surface area contributed by atoms with E-state index in [9.17, 15) is 4.79 Å². The standard InChI is InChI=1S/C15H11BrN2O3/c16-10-6-9-2-1-3-12(14(9)18-7-10)17-8-11-4-5-13(21-11)15(19)20/h1-7,17H,8H2,(H,19,20). The Kier molecular flexibility index (Phi) is 3.62. The molecule has 5 nitrogen and oxygen atoms in total. The molecule has 3 rings (SSSR count). The van der Waals surface area contributed by atoms with E-state index >= 15 is 0 Å². The molecule has 6 heteroatoms. The van der Waals surface area contributed by atoms with Crippen LogP contribution in [0.25, 0.3) is 10.9 Å².